The number of oxazole rings is 1. The summed E-state index contributed by atoms with van der Waals surface area (Å²) >= 11 is 0. The first kappa shape index (κ1) is 28.2. The van der Waals surface area contributed by atoms with Crippen LogP contribution in [0.4, 0.5) is 0 Å². The van der Waals surface area contributed by atoms with E-state index in [1.165, 1.54) is 0 Å². The molecule has 3 atom stereocenters. The van der Waals surface area contributed by atoms with Crippen molar-refractivity contribution in [2.24, 2.45) is 11.8 Å². The molecule has 42 heavy (non-hydrogen) atoms. The molecule has 0 bridgehead atoms. The highest BCUT2D eigenvalue weighted by atomic mass is 16.3. The van der Waals surface area contributed by atoms with Gasteiger partial charge in [-0.15, -0.1) is 0 Å². The second kappa shape index (κ2) is 12.5. The lowest BCUT2D eigenvalue weighted by Crippen LogP contribution is -2.32. The molecule has 2 aliphatic rings. The zero-order valence-corrected chi connectivity index (χ0v) is 24.2. The van der Waals surface area contributed by atoms with Crippen LogP contribution >= 0.6 is 0 Å². The number of likely N-dealkylation sites (tertiary alicyclic amines) is 1. The molecular formula is C35H39N3O4. The van der Waals surface area contributed by atoms with E-state index in [0.717, 1.165) is 55.5 Å². The highest BCUT2D eigenvalue weighted by Gasteiger charge is 2.35. The number of carbonyl (C=O) groups excluding carboxylic acids is 2. The van der Waals surface area contributed by atoms with Crippen molar-refractivity contribution in [3.8, 4) is 5.69 Å². The van der Waals surface area contributed by atoms with E-state index in [-0.39, 0.29) is 36.0 Å². The van der Waals surface area contributed by atoms with Gasteiger partial charge in [-0.25, -0.2) is 4.98 Å². The predicted molar refractivity (Wildman–Crippen MR) is 161 cm³/mol. The molecule has 6 rings (SSSR count). The van der Waals surface area contributed by atoms with Crippen molar-refractivity contribution in [2.75, 3.05) is 6.54 Å². The zero-order valence-electron chi connectivity index (χ0n) is 24.2. The average Bonchev–Trinajstić information content (AvgIpc) is 3.84. The minimum atomic E-state index is -0.542. The Morgan fingerprint density at radius 2 is 1.71 bits per heavy atom. The molecule has 7 heteroatoms. The molecule has 2 aromatic heterocycles. The van der Waals surface area contributed by atoms with Crippen LogP contribution in [0.15, 0.2) is 83.7 Å². The third-order valence-electron chi connectivity index (χ3n) is 8.98. The van der Waals surface area contributed by atoms with Crippen molar-refractivity contribution in [3.05, 3.63) is 108 Å². The van der Waals surface area contributed by atoms with Gasteiger partial charge in [0, 0.05) is 42.2 Å². The minimum absolute atomic E-state index is 0.0580. The van der Waals surface area contributed by atoms with Gasteiger partial charge >= 0.3 is 0 Å². The molecule has 218 valence electrons. The monoisotopic (exact) mass is 565 g/mol. The fourth-order valence-corrected chi connectivity index (χ4v) is 6.78. The molecule has 1 amide bonds. The zero-order chi connectivity index (χ0) is 29.1. The molecular weight excluding hydrogens is 526 g/mol. The van der Waals surface area contributed by atoms with Gasteiger partial charge in [-0.2, -0.15) is 0 Å². The molecule has 0 unspecified atom stereocenters. The second-order valence-electron chi connectivity index (χ2n) is 12.0. The van der Waals surface area contributed by atoms with Gasteiger partial charge in [0.25, 0.3) is 5.91 Å². The Kier molecular flexibility index (Phi) is 8.38. The van der Waals surface area contributed by atoms with E-state index in [0.29, 0.717) is 30.0 Å². The van der Waals surface area contributed by atoms with E-state index in [1.54, 1.807) is 12.3 Å². The van der Waals surface area contributed by atoms with E-state index in [1.807, 2.05) is 71.2 Å². The number of Topliss-reactive ketones (excluding diaryl/α,β-unsaturated/α-hetero) is 1. The molecule has 0 radical (unpaired) electrons. The van der Waals surface area contributed by atoms with Crippen LogP contribution in [0, 0.1) is 18.8 Å². The normalized spacial score (nSPS) is 18.8. The van der Waals surface area contributed by atoms with Gasteiger partial charge in [0.1, 0.15) is 12.3 Å². The number of amides is 1. The van der Waals surface area contributed by atoms with E-state index < -0.39 is 6.10 Å². The maximum absolute atomic E-state index is 14.0. The lowest BCUT2D eigenvalue weighted by Gasteiger charge is -2.27. The van der Waals surface area contributed by atoms with Gasteiger partial charge in [0.2, 0.25) is 5.89 Å². The molecule has 3 heterocycles. The number of aliphatic hydroxyl groups is 1. The third-order valence-corrected chi connectivity index (χ3v) is 8.98. The number of aromatic nitrogens is 2. The number of carbonyl (C=O) groups is 2. The van der Waals surface area contributed by atoms with Crippen LogP contribution < -0.4 is 0 Å². The summed E-state index contributed by atoms with van der Waals surface area (Å²) in [6.07, 6.45) is 11.7. The van der Waals surface area contributed by atoms with Gasteiger partial charge in [-0.05, 0) is 86.8 Å². The number of benzene rings is 2. The fourth-order valence-electron chi connectivity index (χ4n) is 6.78. The van der Waals surface area contributed by atoms with Crippen LogP contribution in [0.3, 0.4) is 0 Å². The van der Waals surface area contributed by atoms with E-state index in [2.05, 4.69) is 17.1 Å². The molecule has 7 nitrogen and oxygen atoms in total. The Morgan fingerprint density at radius 1 is 0.976 bits per heavy atom. The number of ketones is 1. The van der Waals surface area contributed by atoms with Gasteiger partial charge in [-0.3, -0.25) is 9.59 Å². The van der Waals surface area contributed by atoms with E-state index >= 15 is 0 Å². The Hall–Kier alpha value is -3.97. The lowest BCUT2D eigenvalue weighted by molar-refractivity contribution is 0.0456. The number of nitrogens with zero attached hydrogens (tertiary/aromatic N) is 3. The van der Waals surface area contributed by atoms with Crippen LogP contribution in [-0.2, 0) is 6.42 Å². The summed E-state index contributed by atoms with van der Waals surface area (Å²) in [7, 11) is 0. The minimum Gasteiger partial charge on any atom is -0.446 e. The SMILES string of the molecule is Cc1coc([C@H]2CCCN2C(=O)c2cc(C(=O)C[C@@H](Cc3ccccc3)[C@H](O)C3CCCC3)cc(-n3cccc3)c2)n1. The molecule has 0 spiro atoms. The first-order valence-corrected chi connectivity index (χ1v) is 15.2. The smallest absolute Gasteiger partial charge is 0.254 e. The maximum atomic E-state index is 14.0. The summed E-state index contributed by atoms with van der Waals surface area (Å²) in [6.45, 7) is 2.48. The Balaban J connectivity index is 1.30. The van der Waals surface area contributed by atoms with E-state index in [9.17, 15) is 14.7 Å². The molecule has 2 fully saturated rings. The van der Waals surface area contributed by atoms with Gasteiger partial charge in [-0.1, -0.05) is 43.2 Å². The van der Waals surface area contributed by atoms with Gasteiger partial charge < -0.3 is 19.0 Å². The quantitative estimate of drug-likeness (QED) is 0.215. The largest absolute Gasteiger partial charge is 0.446 e. The molecule has 1 saturated heterocycles. The predicted octanol–water partition coefficient (Wildman–Crippen LogP) is 6.73. The first-order chi connectivity index (χ1) is 20.5. The highest BCUT2D eigenvalue weighted by molar-refractivity contribution is 6.01. The Morgan fingerprint density at radius 3 is 2.43 bits per heavy atom. The van der Waals surface area contributed by atoms with Gasteiger partial charge in [0.05, 0.1) is 11.8 Å². The standard InChI is InChI=1S/C35H39N3O4/c1-24-23-42-34(36-24)31-14-9-17-38(31)35(41)29-19-27(20-30(21-29)37-15-7-8-16-37)32(39)22-28(18-25-10-3-2-4-11-25)33(40)26-12-5-6-13-26/h2-4,7-8,10-11,15-16,19-21,23,26,28,31,33,40H,5-6,9,12-14,17-18,22H2,1H3/t28-,31-,33-/m1/s1. The van der Waals surface area contributed by atoms with Crippen LogP contribution in [0.25, 0.3) is 5.69 Å². The topological polar surface area (TPSA) is 88.6 Å². The van der Waals surface area contributed by atoms with Crippen molar-refractivity contribution in [3.63, 3.8) is 0 Å². The van der Waals surface area contributed by atoms with Crippen LogP contribution in [0.5, 0.6) is 0 Å². The van der Waals surface area contributed by atoms with Crippen LogP contribution in [0.1, 0.15) is 88.9 Å². The van der Waals surface area contributed by atoms with Crippen molar-refractivity contribution in [2.45, 2.75) is 70.4 Å². The van der Waals surface area contributed by atoms with Crippen molar-refractivity contribution in [1.82, 2.24) is 14.5 Å². The van der Waals surface area contributed by atoms with Crippen molar-refractivity contribution >= 4 is 11.7 Å². The second-order valence-corrected chi connectivity index (χ2v) is 12.0. The summed E-state index contributed by atoms with van der Waals surface area (Å²) in [5, 5.41) is 11.5. The lowest BCUT2D eigenvalue weighted by atomic mass is 9.81. The number of rotatable bonds is 10. The summed E-state index contributed by atoms with van der Waals surface area (Å²) in [5.74, 6) is 0.385. The number of aliphatic hydroxyl groups excluding tert-OH is 1. The maximum Gasteiger partial charge on any atom is 0.254 e. The molecule has 1 aliphatic heterocycles. The molecule has 2 aromatic carbocycles. The first-order valence-electron chi connectivity index (χ1n) is 15.2. The number of hydrogen-bond acceptors (Lipinski definition) is 5. The number of hydrogen-bond donors (Lipinski definition) is 1. The third kappa shape index (κ3) is 6.12. The Labute approximate surface area is 247 Å². The van der Waals surface area contributed by atoms with Gasteiger partial charge in [0.15, 0.2) is 5.78 Å². The summed E-state index contributed by atoms with van der Waals surface area (Å²) in [6, 6.07) is 19.2. The fraction of sp³-hybridized carbons (Fsp3) is 0.400. The molecule has 1 saturated carbocycles. The van der Waals surface area contributed by atoms with Crippen LogP contribution in [-0.4, -0.2) is 43.9 Å². The average molecular weight is 566 g/mol. The molecule has 1 aliphatic carbocycles. The summed E-state index contributed by atoms with van der Waals surface area (Å²) in [4.78, 5) is 34.3. The highest BCUT2D eigenvalue weighted by Crippen LogP contribution is 2.35. The summed E-state index contributed by atoms with van der Waals surface area (Å²) in [5.41, 5.74) is 3.62. The van der Waals surface area contributed by atoms with Crippen molar-refractivity contribution < 1.29 is 19.1 Å². The van der Waals surface area contributed by atoms with Crippen molar-refractivity contribution in [1.29, 1.82) is 0 Å². The molecule has 4 aromatic rings. The van der Waals surface area contributed by atoms with Crippen LogP contribution in [0.2, 0.25) is 0 Å². The summed E-state index contributed by atoms with van der Waals surface area (Å²) < 4.78 is 7.60. The number of aryl methyl sites for hydroxylation is 1. The Bertz CT molecular complexity index is 1500. The molecule has 1 N–H and O–H groups in total. The van der Waals surface area contributed by atoms with E-state index in [4.69, 9.17) is 4.42 Å².